The first-order chi connectivity index (χ1) is 12.9. The average molecular weight is 414 g/mol. The van der Waals surface area contributed by atoms with Crippen LogP contribution < -0.4 is 5.32 Å². The number of imidazole rings is 1. The first-order valence-corrected chi connectivity index (χ1v) is 8.84. The smallest absolute Gasteiger partial charge is 0.0962 e. The first kappa shape index (κ1) is 20.0. The summed E-state index contributed by atoms with van der Waals surface area (Å²) >= 11 is 0. The Labute approximate surface area is 176 Å². The van der Waals surface area contributed by atoms with Gasteiger partial charge in [-0.15, -0.1) is 24.8 Å². The number of hydrogen-bond donors (Lipinski definition) is 2. The molecular weight excluding hydrogens is 393 g/mol. The second-order valence-corrected chi connectivity index (χ2v) is 6.56. The monoisotopic (exact) mass is 413 g/mol. The number of aromatic amines is 1. The predicted octanol–water partition coefficient (Wildman–Crippen LogP) is 4.80. The number of hydrogen-bond acceptors (Lipinski definition) is 3. The summed E-state index contributed by atoms with van der Waals surface area (Å²) in [5.74, 6) is 0. The number of nitrogens with zero attached hydrogens (tertiary/aromatic N) is 3. The molecule has 4 aromatic rings. The van der Waals surface area contributed by atoms with Crippen LogP contribution in [0.2, 0.25) is 0 Å². The molecule has 0 saturated heterocycles. The Morgan fingerprint density at radius 1 is 1.04 bits per heavy atom. The van der Waals surface area contributed by atoms with Gasteiger partial charge in [0.15, 0.2) is 0 Å². The van der Waals surface area contributed by atoms with Crippen molar-refractivity contribution in [2.75, 3.05) is 11.9 Å². The molecule has 0 amide bonds. The molecule has 144 valence electrons. The molecule has 0 fully saturated rings. The van der Waals surface area contributed by atoms with Gasteiger partial charge in [0.1, 0.15) is 0 Å². The highest BCUT2D eigenvalue weighted by atomic mass is 35.5. The molecule has 0 saturated carbocycles. The van der Waals surface area contributed by atoms with Gasteiger partial charge in [0.2, 0.25) is 0 Å². The Bertz CT molecular complexity index is 1040. The lowest BCUT2D eigenvalue weighted by Crippen LogP contribution is -2.08. The van der Waals surface area contributed by atoms with Gasteiger partial charge in [-0.1, -0.05) is 36.4 Å². The van der Waals surface area contributed by atoms with E-state index < -0.39 is 0 Å². The molecule has 28 heavy (non-hydrogen) atoms. The third-order valence-electron chi connectivity index (χ3n) is 4.94. The molecule has 0 spiro atoms. The van der Waals surface area contributed by atoms with Gasteiger partial charge in [0.05, 0.1) is 17.7 Å². The number of anilines is 1. The van der Waals surface area contributed by atoms with Crippen molar-refractivity contribution in [1.29, 1.82) is 0 Å². The number of benzene rings is 2. The minimum atomic E-state index is 0. The number of H-pyrrole nitrogens is 1. The molecule has 2 aromatic heterocycles. The molecule has 1 aliphatic carbocycles. The highest BCUT2D eigenvalue weighted by Crippen LogP contribution is 2.39. The Morgan fingerprint density at radius 2 is 1.86 bits per heavy atom. The predicted molar refractivity (Wildman–Crippen MR) is 117 cm³/mol. The number of nitrogens with one attached hydrogen (secondary N) is 2. The lowest BCUT2D eigenvalue weighted by Gasteiger charge is -2.08. The minimum absolute atomic E-state index is 0. The largest absolute Gasteiger partial charge is 0.383 e. The summed E-state index contributed by atoms with van der Waals surface area (Å²) in [6.45, 7) is 1.76. The van der Waals surface area contributed by atoms with Crippen LogP contribution >= 0.6 is 24.8 Å². The molecule has 5 rings (SSSR count). The van der Waals surface area contributed by atoms with Crippen LogP contribution in [0, 0.1) is 0 Å². The van der Waals surface area contributed by atoms with Gasteiger partial charge in [0, 0.05) is 54.3 Å². The Morgan fingerprint density at radius 3 is 2.64 bits per heavy atom. The molecule has 2 N–H and O–H groups in total. The zero-order valence-corrected chi connectivity index (χ0v) is 16.8. The molecule has 0 radical (unpaired) electrons. The Kier molecular flexibility index (Phi) is 6.07. The highest BCUT2D eigenvalue weighted by molar-refractivity contribution is 5.85. The summed E-state index contributed by atoms with van der Waals surface area (Å²) in [4.78, 5) is 4.06. The molecule has 5 nitrogen and oxygen atoms in total. The van der Waals surface area contributed by atoms with Crippen molar-refractivity contribution in [3.8, 4) is 22.5 Å². The van der Waals surface area contributed by atoms with E-state index in [1.54, 1.807) is 6.20 Å². The third kappa shape index (κ3) is 3.63. The Hall–Kier alpha value is -2.76. The van der Waals surface area contributed by atoms with Crippen LogP contribution in [0.3, 0.4) is 0 Å². The van der Waals surface area contributed by atoms with E-state index in [0.29, 0.717) is 0 Å². The van der Waals surface area contributed by atoms with Crippen molar-refractivity contribution < 1.29 is 0 Å². The topological polar surface area (TPSA) is 58.5 Å². The second kappa shape index (κ2) is 8.50. The van der Waals surface area contributed by atoms with Crippen LogP contribution in [0.5, 0.6) is 0 Å². The quantitative estimate of drug-likeness (QED) is 0.434. The van der Waals surface area contributed by atoms with Gasteiger partial charge in [-0.05, 0) is 17.7 Å². The van der Waals surface area contributed by atoms with Gasteiger partial charge in [-0.3, -0.25) is 5.10 Å². The van der Waals surface area contributed by atoms with E-state index >= 15 is 0 Å². The van der Waals surface area contributed by atoms with E-state index in [0.717, 1.165) is 42.1 Å². The number of halogens is 2. The van der Waals surface area contributed by atoms with Crippen LogP contribution in [0.15, 0.2) is 67.3 Å². The maximum Gasteiger partial charge on any atom is 0.0962 e. The van der Waals surface area contributed by atoms with Gasteiger partial charge in [0.25, 0.3) is 0 Å². The highest BCUT2D eigenvalue weighted by Gasteiger charge is 2.24. The summed E-state index contributed by atoms with van der Waals surface area (Å²) in [6.07, 6.45) is 6.56. The van der Waals surface area contributed by atoms with E-state index in [2.05, 4.69) is 73.6 Å². The SMILES string of the molecule is Cl.Cl.c1ccc2c(c1)Cc1c(-c3ccc(NCCn4ccnc4)cc3)n[nH]c1-2. The molecule has 7 heteroatoms. The summed E-state index contributed by atoms with van der Waals surface area (Å²) in [5, 5.41) is 11.3. The summed E-state index contributed by atoms with van der Waals surface area (Å²) in [6, 6.07) is 17.0. The molecule has 2 heterocycles. The van der Waals surface area contributed by atoms with Crippen LogP contribution in [0.4, 0.5) is 5.69 Å². The van der Waals surface area contributed by atoms with Crippen LogP contribution in [0.25, 0.3) is 22.5 Å². The molecule has 2 aromatic carbocycles. The van der Waals surface area contributed by atoms with Crippen molar-refractivity contribution in [1.82, 2.24) is 19.7 Å². The molecule has 0 unspecified atom stereocenters. The number of rotatable bonds is 5. The van der Waals surface area contributed by atoms with E-state index in [-0.39, 0.29) is 24.8 Å². The maximum absolute atomic E-state index is 4.58. The van der Waals surface area contributed by atoms with Crippen molar-refractivity contribution >= 4 is 30.5 Å². The maximum atomic E-state index is 4.58. The third-order valence-corrected chi connectivity index (χ3v) is 4.94. The van der Waals surface area contributed by atoms with Crippen molar-refractivity contribution in [3.05, 3.63) is 78.4 Å². The van der Waals surface area contributed by atoms with Crippen LogP contribution in [0.1, 0.15) is 11.1 Å². The standard InChI is InChI=1S/C21H19N5.2ClH/c1-2-4-18-16(3-1)13-19-20(24-25-21(18)19)15-5-7-17(8-6-15)23-10-12-26-11-9-22-14-26;;/h1-9,11,14,23H,10,12-13H2,(H,24,25);2*1H. The number of fused-ring (bicyclic) bond motifs is 3. The van der Waals surface area contributed by atoms with Gasteiger partial charge in [-0.25, -0.2) is 4.98 Å². The zero-order chi connectivity index (χ0) is 17.3. The molecule has 0 bridgehead atoms. The number of aromatic nitrogens is 4. The fourth-order valence-electron chi connectivity index (χ4n) is 3.60. The minimum Gasteiger partial charge on any atom is -0.383 e. The molecular formula is C21H21Cl2N5. The van der Waals surface area contributed by atoms with Crippen LogP contribution in [-0.2, 0) is 13.0 Å². The fourth-order valence-corrected chi connectivity index (χ4v) is 3.60. The van der Waals surface area contributed by atoms with Gasteiger partial charge in [-0.2, -0.15) is 5.10 Å². The lowest BCUT2D eigenvalue weighted by molar-refractivity contribution is 0.727. The van der Waals surface area contributed by atoms with Crippen molar-refractivity contribution in [3.63, 3.8) is 0 Å². The van der Waals surface area contributed by atoms with Crippen LogP contribution in [-0.4, -0.2) is 26.3 Å². The fraction of sp³-hybridized carbons (Fsp3) is 0.143. The normalized spacial score (nSPS) is 11.1. The molecule has 1 aliphatic rings. The van der Waals surface area contributed by atoms with E-state index in [9.17, 15) is 0 Å². The first-order valence-electron chi connectivity index (χ1n) is 8.84. The van der Waals surface area contributed by atoms with E-state index in [1.807, 2.05) is 12.5 Å². The van der Waals surface area contributed by atoms with E-state index in [1.165, 1.54) is 16.7 Å². The second-order valence-electron chi connectivity index (χ2n) is 6.56. The molecule has 0 aliphatic heterocycles. The van der Waals surface area contributed by atoms with Gasteiger partial charge >= 0.3 is 0 Å². The van der Waals surface area contributed by atoms with Crippen molar-refractivity contribution in [2.24, 2.45) is 0 Å². The lowest BCUT2D eigenvalue weighted by atomic mass is 10.1. The van der Waals surface area contributed by atoms with Crippen molar-refractivity contribution in [2.45, 2.75) is 13.0 Å². The van der Waals surface area contributed by atoms with Gasteiger partial charge < -0.3 is 9.88 Å². The zero-order valence-electron chi connectivity index (χ0n) is 15.1. The summed E-state index contributed by atoms with van der Waals surface area (Å²) < 4.78 is 2.06. The summed E-state index contributed by atoms with van der Waals surface area (Å²) in [5.41, 5.74) is 8.43. The Balaban J connectivity index is 0.00000112. The average Bonchev–Trinajstić information content (AvgIpc) is 3.39. The van der Waals surface area contributed by atoms with E-state index in [4.69, 9.17) is 0 Å². The summed E-state index contributed by atoms with van der Waals surface area (Å²) in [7, 11) is 0. The molecule has 0 atom stereocenters.